The summed E-state index contributed by atoms with van der Waals surface area (Å²) in [5.74, 6) is -3.12. The van der Waals surface area contributed by atoms with Gasteiger partial charge in [0.25, 0.3) is 5.91 Å². The highest BCUT2D eigenvalue weighted by molar-refractivity contribution is 6.33. The van der Waals surface area contributed by atoms with E-state index in [-0.39, 0.29) is 50.8 Å². The molecule has 1 aliphatic heterocycles. The van der Waals surface area contributed by atoms with Gasteiger partial charge in [-0.1, -0.05) is 42.3 Å². The molecule has 200 valence electrons. The van der Waals surface area contributed by atoms with Crippen LogP contribution in [0, 0.1) is 0 Å². The number of hydrogen-bond donors (Lipinski definition) is 2. The first kappa shape index (κ1) is 27.5. The molecule has 0 saturated heterocycles. The number of carboxylic acid groups (broad SMARTS) is 1. The second-order valence-electron chi connectivity index (χ2n) is 8.50. The summed E-state index contributed by atoms with van der Waals surface area (Å²) in [7, 11) is 1.40. The van der Waals surface area contributed by atoms with Gasteiger partial charge in [-0.2, -0.15) is 13.2 Å². The average molecular weight is 571 g/mol. The lowest BCUT2D eigenvalue weighted by Gasteiger charge is -2.38. The Bertz CT molecular complexity index is 1430. The quantitative estimate of drug-likeness (QED) is 0.386. The monoisotopic (exact) mass is 570 g/mol. The number of benzene rings is 2. The molecule has 13 heteroatoms. The van der Waals surface area contributed by atoms with Crippen LogP contribution in [0.5, 0.6) is 17.4 Å². The van der Waals surface area contributed by atoms with Crippen molar-refractivity contribution in [2.24, 2.45) is 0 Å². The number of halogens is 5. The predicted octanol–water partition coefficient (Wildman–Crippen LogP) is 5.79. The highest BCUT2D eigenvalue weighted by Crippen LogP contribution is 2.51. The number of ether oxygens (including phenoxy) is 2. The number of carbonyl (C=O) groups excluding carboxylic acids is 1. The minimum Gasteiger partial charge on any atom is -0.482 e. The zero-order valence-electron chi connectivity index (χ0n) is 19.7. The molecule has 0 radical (unpaired) electrons. The number of aromatic carboxylic acids is 1. The first-order valence-corrected chi connectivity index (χ1v) is 11.7. The summed E-state index contributed by atoms with van der Waals surface area (Å²) in [6.45, 7) is 0.921. The summed E-state index contributed by atoms with van der Waals surface area (Å²) in [5.41, 5.74) is -4.09. The van der Waals surface area contributed by atoms with Crippen molar-refractivity contribution in [3.8, 4) is 17.4 Å². The molecule has 0 fully saturated rings. The summed E-state index contributed by atoms with van der Waals surface area (Å²) < 4.78 is 54.2. The Labute approximate surface area is 224 Å². The van der Waals surface area contributed by atoms with Gasteiger partial charge in [-0.15, -0.1) is 0 Å². The molecule has 0 aliphatic carbocycles. The first-order chi connectivity index (χ1) is 17.7. The highest BCUT2D eigenvalue weighted by Gasteiger charge is 2.59. The molecule has 8 nitrogen and oxygen atoms in total. The molecule has 2 atom stereocenters. The lowest BCUT2D eigenvalue weighted by Crippen LogP contribution is -2.47. The Morgan fingerprint density at radius 1 is 1.16 bits per heavy atom. The van der Waals surface area contributed by atoms with Crippen molar-refractivity contribution < 1.29 is 42.4 Å². The molecular formula is C25H19Cl2F3N2O6. The minimum atomic E-state index is -5.14. The number of carbonyl (C=O) groups is 2. The Balaban J connectivity index is 1.69. The van der Waals surface area contributed by atoms with Gasteiger partial charge in [0.15, 0.2) is 12.2 Å². The molecule has 0 bridgehead atoms. The zero-order chi connectivity index (χ0) is 28.0. The summed E-state index contributed by atoms with van der Waals surface area (Å²) in [5, 5.41) is 20.0. The molecular weight excluding hydrogens is 552 g/mol. The van der Waals surface area contributed by atoms with Crippen LogP contribution in [0.1, 0.15) is 34.3 Å². The van der Waals surface area contributed by atoms with Crippen LogP contribution >= 0.6 is 23.2 Å². The molecule has 38 heavy (non-hydrogen) atoms. The van der Waals surface area contributed by atoms with Gasteiger partial charge in [0, 0.05) is 30.3 Å². The third-order valence-corrected chi connectivity index (χ3v) is 6.90. The SMILES string of the molecule is CC(c1ccc(Oc2cc(Cl)c(C(=O)O)cn2)cc1Cl)C(O)(c1ccc2c(c1)N(C)C(=O)CO2)C(F)(F)F. The number of amides is 1. The van der Waals surface area contributed by atoms with Crippen LogP contribution in [-0.2, 0) is 10.4 Å². The number of nitrogens with zero attached hydrogens (tertiary/aromatic N) is 2. The van der Waals surface area contributed by atoms with E-state index in [1.54, 1.807) is 0 Å². The van der Waals surface area contributed by atoms with E-state index in [1.807, 2.05) is 0 Å². The zero-order valence-corrected chi connectivity index (χ0v) is 21.2. The Kier molecular flexibility index (Phi) is 7.21. The fourth-order valence-electron chi connectivity index (χ4n) is 4.06. The normalized spacial score (nSPS) is 15.8. The van der Waals surface area contributed by atoms with Crippen molar-refractivity contribution in [2.45, 2.75) is 24.6 Å². The van der Waals surface area contributed by atoms with Crippen molar-refractivity contribution in [1.82, 2.24) is 4.98 Å². The van der Waals surface area contributed by atoms with Crippen LogP contribution < -0.4 is 14.4 Å². The highest BCUT2D eigenvalue weighted by atomic mass is 35.5. The largest absolute Gasteiger partial charge is 0.482 e. The van der Waals surface area contributed by atoms with Crippen molar-refractivity contribution in [3.05, 3.63) is 75.4 Å². The summed E-state index contributed by atoms with van der Waals surface area (Å²) in [6, 6.07) is 8.42. The molecule has 4 rings (SSSR count). The van der Waals surface area contributed by atoms with E-state index in [4.69, 9.17) is 37.8 Å². The van der Waals surface area contributed by atoms with E-state index in [9.17, 15) is 27.9 Å². The number of pyridine rings is 1. The Hall–Kier alpha value is -3.54. The molecule has 1 aliphatic rings. The molecule has 0 saturated carbocycles. The van der Waals surface area contributed by atoms with Gasteiger partial charge >= 0.3 is 12.1 Å². The van der Waals surface area contributed by atoms with Gasteiger partial charge < -0.3 is 24.6 Å². The van der Waals surface area contributed by atoms with Crippen LogP contribution in [0.4, 0.5) is 18.9 Å². The smallest absolute Gasteiger partial charge is 0.422 e. The maximum Gasteiger partial charge on any atom is 0.422 e. The number of rotatable bonds is 6. The summed E-state index contributed by atoms with van der Waals surface area (Å²) in [6.07, 6.45) is -4.14. The van der Waals surface area contributed by atoms with Gasteiger partial charge in [0.05, 0.1) is 16.3 Å². The van der Waals surface area contributed by atoms with E-state index in [0.29, 0.717) is 0 Å². The molecule has 2 heterocycles. The van der Waals surface area contributed by atoms with Gasteiger partial charge in [-0.3, -0.25) is 4.79 Å². The number of fused-ring (bicyclic) bond motifs is 1. The lowest BCUT2D eigenvalue weighted by molar-refractivity contribution is -0.274. The topological polar surface area (TPSA) is 109 Å². The van der Waals surface area contributed by atoms with Gasteiger partial charge in [0.2, 0.25) is 5.88 Å². The Morgan fingerprint density at radius 2 is 1.87 bits per heavy atom. The maximum atomic E-state index is 14.5. The van der Waals surface area contributed by atoms with Crippen LogP contribution in [0.15, 0.2) is 48.7 Å². The second kappa shape index (κ2) is 9.97. The molecule has 3 aromatic rings. The van der Waals surface area contributed by atoms with Crippen molar-refractivity contribution in [1.29, 1.82) is 0 Å². The average Bonchev–Trinajstić information content (AvgIpc) is 2.84. The van der Waals surface area contributed by atoms with Crippen LogP contribution in [-0.4, -0.2) is 46.9 Å². The number of likely N-dealkylation sites (N-methyl/N-ethyl adjacent to an activating group) is 1. The number of aliphatic hydroxyl groups is 1. The molecule has 2 unspecified atom stereocenters. The van der Waals surface area contributed by atoms with Crippen molar-refractivity contribution in [2.75, 3.05) is 18.6 Å². The van der Waals surface area contributed by atoms with E-state index in [1.165, 1.54) is 44.3 Å². The number of alkyl halides is 3. The third kappa shape index (κ3) is 4.84. The van der Waals surface area contributed by atoms with Gasteiger partial charge in [-0.25, -0.2) is 9.78 Å². The number of anilines is 1. The number of carboxylic acids is 1. The van der Waals surface area contributed by atoms with Crippen molar-refractivity contribution in [3.63, 3.8) is 0 Å². The minimum absolute atomic E-state index is 0.0375. The summed E-state index contributed by atoms with van der Waals surface area (Å²) in [4.78, 5) is 28.1. The summed E-state index contributed by atoms with van der Waals surface area (Å²) >= 11 is 12.2. The fraction of sp³-hybridized carbons (Fsp3) is 0.240. The molecule has 2 N–H and O–H groups in total. The number of hydrogen-bond acceptors (Lipinski definition) is 6. The van der Waals surface area contributed by atoms with Crippen LogP contribution in [0.3, 0.4) is 0 Å². The van der Waals surface area contributed by atoms with Gasteiger partial charge in [-0.05, 0) is 35.4 Å². The third-order valence-electron chi connectivity index (χ3n) is 6.26. The molecule has 1 amide bonds. The van der Waals surface area contributed by atoms with E-state index in [0.717, 1.165) is 23.2 Å². The predicted molar refractivity (Wildman–Crippen MR) is 131 cm³/mol. The second-order valence-corrected chi connectivity index (χ2v) is 9.32. The first-order valence-electron chi connectivity index (χ1n) is 10.9. The fourth-order valence-corrected chi connectivity index (χ4v) is 4.62. The molecule has 0 spiro atoms. The van der Waals surface area contributed by atoms with E-state index < -0.39 is 35.1 Å². The molecule has 2 aromatic carbocycles. The van der Waals surface area contributed by atoms with E-state index >= 15 is 0 Å². The Morgan fingerprint density at radius 3 is 2.47 bits per heavy atom. The standard InChI is InChI=1S/C25H19Cl2F3N2O6/c1-12(15-5-4-14(8-17(15)26)38-21-9-18(27)16(10-31-21)23(34)35)24(36,25(28,29)30)13-3-6-20-19(7-13)32(2)22(33)11-37-20/h3-10,12,36H,11H2,1-2H3,(H,34,35). The maximum absolute atomic E-state index is 14.5. The molecule has 1 aromatic heterocycles. The van der Waals surface area contributed by atoms with Crippen LogP contribution in [0.25, 0.3) is 0 Å². The van der Waals surface area contributed by atoms with Crippen LogP contribution in [0.2, 0.25) is 10.0 Å². The van der Waals surface area contributed by atoms with Crippen molar-refractivity contribution >= 4 is 40.8 Å². The van der Waals surface area contributed by atoms with Gasteiger partial charge in [0.1, 0.15) is 11.5 Å². The van der Waals surface area contributed by atoms with E-state index in [2.05, 4.69) is 4.98 Å². The lowest BCUT2D eigenvalue weighted by atomic mass is 9.77. The number of aromatic nitrogens is 1.